The van der Waals surface area contributed by atoms with E-state index in [1.807, 2.05) is 6.92 Å². The van der Waals surface area contributed by atoms with Gasteiger partial charge in [-0.25, -0.2) is 4.79 Å². The molecule has 0 spiro atoms. The Bertz CT molecular complexity index is 1040. The van der Waals surface area contributed by atoms with Gasteiger partial charge in [-0.1, -0.05) is 13.3 Å². The molecule has 1 saturated heterocycles. The SMILES string of the molecule is CCCc1c(OCCCOc2cc(C(=O)OCCN3CCOCC3)ccc2Br)ccc(C(C)=O)c1O. The summed E-state index contributed by atoms with van der Waals surface area (Å²) in [7, 11) is 0. The normalized spacial score (nSPS) is 13.9. The van der Waals surface area contributed by atoms with Crippen LogP contribution in [0.4, 0.5) is 0 Å². The number of aromatic hydroxyl groups is 1. The number of halogens is 1. The van der Waals surface area contributed by atoms with Crippen LogP contribution in [0.5, 0.6) is 17.2 Å². The van der Waals surface area contributed by atoms with Crippen molar-refractivity contribution in [2.24, 2.45) is 0 Å². The first-order chi connectivity index (χ1) is 17.4. The third kappa shape index (κ3) is 7.94. The molecule has 1 aliphatic heterocycles. The van der Waals surface area contributed by atoms with Gasteiger partial charge in [-0.15, -0.1) is 0 Å². The summed E-state index contributed by atoms with van der Waals surface area (Å²) in [6, 6.07) is 8.45. The van der Waals surface area contributed by atoms with Crippen molar-refractivity contribution in [3.63, 3.8) is 0 Å². The van der Waals surface area contributed by atoms with Crippen LogP contribution in [-0.4, -0.2) is 74.4 Å². The molecule has 196 valence electrons. The summed E-state index contributed by atoms with van der Waals surface area (Å²) in [5.41, 5.74) is 1.38. The smallest absolute Gasteiger partial charge is 0.338 e. The van der Waals surface area contributed by atoms with Gasteiger partial charge in [-0.05, 0) is 59.6 Å². The second-order valence-corrected chi connectivity index (χ2v) is 9.38. The molecule has 1 N–H and O–H groups in total. The zero-order chi connectivity index (χ0) is 25.9. The van der Waals surface area contributed by atoms with Crippen LogP contribution in [0, 0.1) is 0 Å². The number of carbonyl (C=O) groups is 2. The molecule has 0 aliphatic carbocycles. The molecular weight excluding hydrogens is 530 g/mol. The minimum absolute atomic E-state index is 0.00400. The fraction of sp³-hybridized carbons (Fsp3) is 0.481. The predicted molar refractivity (Wildman–Crippen MR) is 139 cm³/mol. The highest BCUT2D eigenvalue weighted by atomic mass is 79.9. The third-order valence-electron chi connectivity index (χ3n) is 5.83. The lowest BCUT2D eigenvalue weighted by Crippen LogP contribution is -2.38. The summed E-state index contributed by atoms with van der Waals surface area (Å²) in [6.45, 7) is 8.30. The molecule has 8 nitrogen and oxygen atoms in total. The number of hydrogen-bond donors (Lipinski definition) is 1. The summed E-state index contributed by atoms with van der Waals surface area (Å²) in [4.78, 5) is 26.4. The van der Waals surface area contributed by atoms with E-state index in [2.05, 4.69) is 20.8 Å². The van der Waals surface area contributed by atoms with Crippen LogP contribution in [0.25, 0.3) is 0 Å². The van der Waals surface area contributed by atoms with E-state index in [4.69, 9.17) is 18.9 Å². The van der Waals surface area contributed by atoms with Crippen LogP contribution in [-0.2, 0) is 15.9 Å². The molecule has 9 heteroatoms. The molecule has 0 atom stereocenters. The Kier molecular flexibility index (Phi) is 11.0. The van der Waals surface area contributed by atoms with Crippen molar-refractivity contribution in [2.45, 2.75) is 33.1 Å². The van der Waals surface area contributed by atoms with E-state index in [1.165, 1.54) is 6.92 Å². The van der Waals surface area contributed by atoms with E-state index in [1.54, 1.807) is 30.3 Å². The Hall–Kier alpha value is -2.62. The monoisotopic (exact) mass is 563 g/mol. The van der Waals surface area contributed by atoms with E-state index < -0.39 is 0 Å². The lowest BCUT2D eigenvalue weighted by Gasteiger charge is -2.26. The van der Waals surface area contributed by atoms with Crippen molar-refractivity contribution < 1.29 is 33.6 Å². The standard InChI is InChI=1S/C27H34BrNO7/c1-3-5-22-24(9-7-21(19(2)30)26(22)31)34-13-4-14-35-25-18-20(6-8-23(25)28)27(32)36-17-12-29-10-15-33-16-11-29/h6-9,18,31H,3-5,10-17H2,1-2H3. The van der Waals surface area contributed by atoms with Gasteiger partial charge in [0.2, 0.25) is 0 Å². The first-order valence-electron chi connectivity index (χ1n) is 12.3. The highest BCUT2D eigenvalue weighted by molar-refractivity contribution is 9.10. The molecule has 0 bridgehead atoms. The fourth-order valence-corrected chi connectivity index (χ4v) is 4.23. The molecule has 2 aromatic rings. The lowest BCUT2D eigenvalue weighted by atomic mass is 10.0. The molecule has 1 fully saturated rings. The van der Waals surface area contributed by atoms with E-state index in [0.29, 0.717) is 80.6 Å². The molecular formula is C27H34BrNO7. The maximum absolute atomic E-state index is 12.5. The zero-order valence-electron chi connectivity index (χ0n) is 20.9. The highest BCUT2D eigenvalue weighted by Crippen LogP contribution is 2.33. The summed E-state index contributed by atoms with van der Waals surface area (Å²) in [5, 5.41) is 10.5. The van der Waals surface area contributed by atoms with Crippen LogP contribution >= 0.6 is 15.9 Å². The van der Waals surface area contributed by atoms with E-state index in [-0.39, 0.29) is 17.5 Å². The average molecular weight is 564 g/mol. The van der Waals surface area contributed by atoms with Crippen LogP contribution in [0.15, 0.2) is 34.8 Å². The van der Waals surface area contributed by atoms with Crippen molar-refractivity contribution in [1.29, 1.82) is 0 Å². The van der Waals surface area contributed by atoms with E-state index in [9.17, 15) is 14.7 Å². The Morgan fingerprint density at radius 3 is 2.47 bits per heavy atom. The van der Waals surface area contributed by atoms with Crippen molar-refractivity contribution in [2.75, 3.05) is 52.7 Å². The average Bonchev–Trinajstić information content (AvgIpc) is 2.87. The van der Waals surface area contributed by atoms with Gasteiger partial charge in [0, 0.05) is 31.6 Å². The number of ether oxygens (including phenoxy) is 4. The molecule has 3 rings (SSSR count). The first-order valence-corrected chi connectivity index (χ1v) is 13.1. The molecule has 0 radical (unpaired) electrons. The summed E-state index contributed by atoms with van der Waals surface area (Å²) in [5.74, 6) is 0.547. The van der Waals surface area contributed by atoms with E-state index in [0.717, 1.165) is 24.0 Å². The maximum atomic E-state index is 12.5. The number of rotatable bonds is 13. The lowest BCUT2D eigenvalue weighted by molar-refractivity contribution is 0.0195. The number of hydrogen-bond acceptors (Lipinski definition) is 8. The zero-order valence-corrected chi connectivity index (χ0v) is 22.5. The molecule has 1 aliphatic rings. The predicted octanol–water partition coefficient (Wildman–Crippen LogP) is 4.65. The van der Waals surface area contributed by atoms with Crippen LogP contribution in [0.3, 0.4) is 0 Å². The number of nitrogens with zero attached hydrogens (tertiary/aromatic N) is 1. The number of ketones is 1. The number of Topliss-reactive ketones (excluding diaryl/α,β-unsaturated/α-hetero) is 1. The molecule has 36 heavy (non-hydrogen) atoms. The van der Waals surface area contributed by atoms with Crippen molar-refractivity contribution in [3.05, 3.63) is 51.5 Å². The number of morpholine rings is 1. The maximum Gasteiger partial charge on any atom is 0.338 e. The van der Waals surface area contributed by atoms with Crippen molar-refractivity contribution >= 4 is 27.7 Å². The van der Waals surface area contributed by atoms with Gasteiger partial charge in [0.1, 0.15) is 23.9 Å². The number of phenols is 1. The second-order valence-electron chi connectivity index (χ2n) is 8.53. The Balaban J connectivity index is 1.47. The Morgan fingerprint density at radius 2 is 1.78 bits per heavy atom. The highest BCUT2D eigenvalue weighted by Gasteiger charge is 2.16. The molecule has 0 aromatic heterocycles. The Morgan fingerprint density at radius 1 is 1.06 bits per heavy atom. The Labute approximate surface area is 220 Å². The molecule has 0 unspecified atom stereocenters. The van der Waals surface area contributed by atoms with Crippen molar-refractivity contribution in [3.8, 4) is 17.2 Å². The minimum atomic E-state index is -0.388. The number of phenolic OH excluding ortho intramolecular Hbond substituents is 1. The topological polar surface area (TPSA) is 94.5 Å². The van der Waals surface area contributed by atoms with Gasteiger partial charge in [0.05, 0.1) is 42.0 Å². The third-order valence-corrected chi connectivity index (χ3v) is 6.49. The molecule has 1 heterocycles. The van der Waals surface area contributed by atoms with Crippen LogP contribution in [0.1, 0.15) is 53.0 Å². The van der Waals surface area contributed by atoms with Gasteiger partial charge >= 0.3 is 5.97 Å². The number of carbonyl (C=O) groups excluding carboxylic acids is 2. The summed E-state index contributed by atoms with van der Waals surface area (Å²) < 4.78 is 23.2. The quantitative estimate of drug-likeness (QED) is 0.214. The van der Waals surface area contributed by atoms with E-state index >= 15 is 0 Å². The van der Waals surface area contributed by atoms with Crippen molar-refractivity contribution in [1.82, 2.24) is 4.90 Å². The van der Waals surface area contributed by atoms with Crippen LogP contribution in [0.2, 0.25) is 0 Å². The largest absolute Gasteiger partial charge is 0.507 e. The molecule has 0 amide bonds. The van der Waals surface area contributed by atoms with Crippen LogP contribution < -0.4 is 9.47 Å². The summed E-state index contributed by atoms with van der Waals surface area (Å²) in [6.07, 6.45) is 2.01. The van der Waals surface area contributed by atoms with Gasteiger partial charge in [-0.3, -0.25) is 9.69 Å². The van der Waals surface area contributed by atoms with Gasteiger partial charge < -0.3 is 24.1 Å². The number of esters is 1. The second kappa shape index (κ2) is 14.2. The molecule has 2 aromatic carbocycles. The number of benzene rings is 2. The van der Waals surface area contributed by atoms with Gasteiger partial charge in [0.25, 0.3) is 0 Å². The van der Waals surface area contributed by atoms with Gasteiger partial charge in [-0.2, -0.15) is 0 Å². The fourth-order valence-electron chi connectivity index (χ4n) is 3.87. The first kappa shape index (κ1) is 28.0. The molecule has 0 saturated carbocycles. The summed E-state index contributed by atoms with van der Waals surface area (Å²) >= 11 is 3.46. The minimum Gasteiger partial charge on any atom is -0.507 e. The van der Waals surface area contributed by atoms with Gasteiger partial charge in [0.15, 0.2) is 5.78 Å².